The van der Waals surface area contributed by atoms with E-state index < -0.39 is 29.1 Å². The van der Waals surface area contributed by atoms with Gasteiger partial charge in [0.25, 0.3) is 5.12 Å². The lowest BCUT2D eigenvalue weighted by Crippen LogP contribution is -2.53. The van der Waals surface area contributed by atoms with E-state index in [2.05, 4.69) is 4.74 Å². The second-order valence-electron chi connectivity index (χ2n) is 2.62. The van der Waals surface area contributed by atoms with Crippen LogP contribution < -0.4 is 11.6 Å². The average Bonchev–Trinajstić information content (AvgIpc) is 2.27. The number of nitrogens with one attached hydrogen (secondary N) is 1. The first-order valence-electron chi connectivity index (χ1n) is 3.74. The minimum absolute atomic E-state index is 0.0838. The van der Waals surface area contributed by atoms with Crippen LogP contribution in [-0.4, -0.2) is 39.8 Å². The lowest BCUT2D eigenvalue weighted by Gasteiger charge is -2.22. The fourth-order valence-electron chi connectivity index (χ4n) is 0.844. The molecule has 1 aliphatic heterocycles. The van der Waals surface area contributed by atoms with Crippen LogP contribution in [0.15, 0.2) is 0 Å². The molecule has 1 rings (SSSR count). The molecule has 0 aromatic rings. The molecule has 5 N–H and O–H groups in total. The Hall–Kier alpha value is -1.61. The third-order valence-electron chi connectivity index (χ3n) is 1.62. The number of rotatable bonds is 1. The summed E-state index contributed by atoms with van der Waals surface area (Å²) in [4.78, 5) is 32.9. The van der Waals surface area contributed by atoms with E-state index in [1.54, 1.807) is 0 Å². The number of hydrogen-bond acceptors (Lipinski definition) is 7. The highest BCUT2D eigenvalue weighted by Gasteiger charge is 2.35. The number of nitrogens with two attached hydrogens (primary N) is 2. The molecule has 0 amide bonds. The molecule has 0 radical (unpaired) electrons. The molecule has 82 valence electrons. The maximum Gasteiger partial charge on any atom is 0.393 e. The molecule has 15 heavy (non-hydrogen) atoms. The zero-order valence-corrected chi connectivity index (χ0v) is 8.24. The lowest BCUT2D eigenvalue weighted by atomic mass is 10.3. The van der Waals surface area contributed by atoms with Crippen LogP contribution in [0.4, 0.5) is 0 Å². The van der Waals surface area contributed by atoms with Crippen molar-refractivity contribution in [2.45, 2.75) is 6.04 Å². The Morgan fingerprint density at radius 2 is 2.13 bits per heavy atom. The van der Waals surface area contributed by atoms with Gasteiger partial charge in [0.2, 0.25) is 5.96 Å². The maximum absolute atomic E-state index is 11.2. The van der Waals surface area contributed by atoms with Crippen molar-refractivity contribution in [1.29, 1.82) is 5.41 Å². The zero-order valence-electron chi connectivity index (χ0n) is 7.43. The van der Waals surface area contributed by atoms with Gasteiger partial charge in [0.05, 0.1) is 0 Å². The number of nitrogens with zero attached hydrogens (tertiary/aromatic N) is 1. The minimum Gasteiger partial charge on any atom is -0.385 e. The molecule has 1 saturated heterocycles. The molecule has 0 spiro atoms. The van der Waals surface area contributed by atoms with Gasteiger partial charge in [-0.3, -0.25) is 15.2 Å². The molecular weight excluding hydrogens is 224 g/mol. The van der Waals surface area contributed by atoms with Crippen molar-refractivity contribution in [3.8, 4) is 0 Å². The highest BCUT2D eigenvalue weighted by Crippen LogP contribution is 2.14. The van der Waals surface area contributed by atoms with E-state index in [1.165, 1.54) is 0 Å². The summed E-state index contributed by atoms with van der Waals surface area (Å²) in [5, 5.41) is 6.76. The summed E-state index contributed by atoms with van der Waals surface area (Å²) in [6, 6.07) is -1.11. The quantitative estimate of drug-likeness (QED) is 0.0877. The summed E-state index contributed by atoms with van der Waals surface area (Å²) in [5.41, 5.74) is 5.05. The number of carbonyl (C=O) groups is 3. The molecule has 1 atom stereocenters. The van der Waals surface area contributed by atoms with Crippen LogP contribution >= 0.6 is 11.8 Å². The summed E-state index contributed by atoms with van der Waals surface area (Å²) >= 11 is 0.596. The van der Waals surface area contributed by atoms with Crippen LogP contribution in [0.3, 0.4) is 0 Å². The molecule has 1 unspecified atom stereocenters. The Labute approximate surface area is 88.4 Å². The standard InChI is InChI=1S/C6H8N4O4S/c7-6(8)10(9)2-1-15-5(13)4(12)14-3(2)11/h2H,1,9H2,(H3,7,8). The van der Waals surface area contributed by atoms with Crippen molar-refractivity contribution in [3.63, 3.8) is 0 Å². The highest BCUT2D eigenvalue weighted by molar-refractivity contribution is 8.15. The number of hydrazine groups is 1. The third-order valence-corrected chi connectivity index (χ3v) is 2.53. The molecular formula is C6H8N4O4S. The third kappa shape index (κ3) is 2.44. The number of carbonyl (C=O) groups excluding carboxylic acids is 3. The minimum atomic E-state index is -1.23. The van der Waals surface area contributed by atoms with Gasteiger partial charge in [-0.15, -0.1) is 0 Å². The van der Waals surface area contributed by atoms with E-state index in [4.69, 9.17) is 17.0 Å². The Bertz CT molecular complexity index is 344. The predicted octanol–water partition coefficient (Wildman–Crippen LogP) is -2.23. The first-order valence-corrected chi connectivity index (χ1v) is 4.72. The van der Waals surface area contributed by atoms with Crippen LogP contribution in [0.5, 0.6) is 0 Å². The summed E-state index contributed by atoms with van der Waals surface area (Å²) in [5.74, 6) is 2.43. The number of ether oxygens (including phenoxy) is 1. The second-order valence-corrected chi connectivity index (χ2v) is 3.61. The van der Waals surface area contributed by atoms with Gasteiger partial charge >= 0.3 is 11.9 Å². The van der Waals surface area contributed by atoms with Gasteiger partial charge in [0.1, 0.15) is 0 Å². The van der Waals surface area contributed by atoms with E-state index in [0.717, 1.165) is 0 Å². The summed E-state index contributed by atoms with van der Waals surface area (Å²) in [6.45, 7) is 0. The van der Waals surface area contributed by atoms with Crippen molar-refractivity contribution in [3.05, 3.63) is 0 Å². The molecule has 0 aromatic heterocycles. The van der Waals surface area contributed by atoms with Gasteiger partial charge in [-0.25, -0.2) is 15.4 Å². The zero-order chi connectivity index (χ0) is 11.6. The van der Waals surface area contributed by atoms with Gasteiger partial charge in [0.15, 0.2) is 6.04 Å². The van der Waals surface area contributed by atoms with Crippen molar-refractivity contribution in [2.75, 3.05) is 5.75 Å². The van der Waals surface area contributed by atoms with Crippen LogP contribution in [-0.2, 0) is 19.1 Å². The fraction of sp³-hybridized carbons (Fsp3) is 0.333. The molecule has 1 heterocycles. The molecule has 1 aliphatic rings. The van der Waals surface area contributed by atoms with Gasteiger partial charge in [-0.05, 0) is 0 Å². The Morgan fingerprint density at radius 3 is 2.67 bits per heavy atom. The van der Waals surface area contributed by atoms with Gasteiger partial charge < -0.3 is 10.5 Å². The van der Waals surface area contributed by atoms with Crippen LogP contribution in [0.2, 0.25) is 0 Å². The van der Waals surface area contributed by atoms with E-state index in [0.29, 0.717) is 16.8 Å². The second kappa shape index (κ2) is 4.28. The number of guanidine groups is 1. The largest absolute Gasteiger partial charge is 0.393 e. The molecule has 9 heteroatoms. The molecule has 1 fully saturated rings. The molecule has 0 saturated carbocycles. The van der Waals surface area contributed by atoms with E-state index in [-0.39, 0.29) is 5.75 Å². The van der Waals surface area contributed by atoms with Crippen molar-refractivity contribution < 1.29 is 19.1 Å². The Morgan fingerprint density at radius 1 is 1.53 bits per heavy atom. The highest BCUT2D eigenvalue weighted by atomic mass is 32.2. The summed E-state index contributed by atoms with van der Waals surface area (Å²) in [7, 11) is 0. The number of thioether (sulfide) groups is 1. The monoisotopic (exact) mass is 232 g/mol. The number of esters is 2. The van der Waals surface area contributed by atoms with Crippen molar-refractivity contribution in [1.82, 2.24) is 5.01 Å². The van der Waals surface area contributed by atoms with Gasteiger partial charge in [-0.1, -0.05) is 11.8 Å². The van der Waals surface area contributed by atoms with Crippen LogP contribution in [0.1, 0.15) is 0 Å². The molecule has 0 aliphatic carbocycles. The predicted molar refractivity (Wildman–Crippen MR) is 50.3 cm³/mol. The van der Waals surface area contributed by atoms with Crippen LogP contribution in [0.25, 0.3) is 0 Å². The Kier molecular flexibility index (Phi) is 3.27. The van der Waals surface area contributed by atoms with Gasteiger partial charge in [-0.2, -0.15) is 0 Å². The maximum atomic E-state index is 11.2. The van der Waals surface area contributed by atoms with Crippen molar-refractivity contribution >= 4 is 34.8 Å². The summed E-state index contributed by atoms with van der Waals surface area (Å²) < 4.78 is 4.19. The topological polar surface area (TPSA) is 140 Å². The lowest BCUT2D eigenvalue weighted by molar-refractivity contribution is -0.163. The SMILES string of the molecule is N=C(N)N(N)C1CSC(=O)C(=O)OC1=O. The molecule has 0 aromatic carbocycles. The van der Waals surface area contributed by atoms with E-state index in [9.17, 15) is 14.4 Å². The van der Waals surface area contributed by atoms with E-state index in [1.807, 2.05) is 0 Å². The Balaban J connectivity index is 2.83. The normalized spacial score (nSPS) is 21.9. The first kappa shape index (κ1) is 11.5. The fourth-order valence-corrected chi connectivity index (χ4v) is 1.61. The van der Waals surface area contributed by atoms with E-state index >= 15 is 0 Å². The molecule has 8 nitrogen and oxygen atoms in total. The smallest absolute Gasteiger partial charge is 0.385 e. The first-order chi connectivity index (χ1) is 6.93. The van der Waals surface area contributed by atoms with Gasteiger partial charge in [0, 0.05) is 5.75 Å². The summed E-state index contributed by atoms with van der Waals surface area (Å²) in [6.07, 6.45) is 0. The van der Waals surface area contributed by atoms with Crippen LogP contribution in [0, 0.1) is 5.41 Å². The number of hydrogen-bond donors (Lipinski definition) is 3. The number of cyclic esters (lactones) is 2. The van der Waals surface area contributed by atoms with Crippen molar-refractivity contribution in [2.24, 2.45) is 11.6 Å². The average molecular weight is 232 g/mol. The molecule has 0 bridgehead atoms.